The molecule has 0 bridgehead atoms. The lowest BCUT2D eigenvalue weighted by molar-refractivity contribution is 0.600. The lowest BCUT2D eigenvalue weighted by atomic mass is 10.1. The Bertz CT molecular complexity index is 730. The molecule has 7 heteroatoms. The van der Waals surface area contributed by atoms with Gasteiger partial charge in [-0.3, -0.25) is 0 Å². The Morgan fingerprint density at radius 2 is 1.94 bits per heavy atom. The summed E-state index contributed by atoms with van der Waals surface area (Å²) in [5.41, 5.74) is 6.61. The first kappa shape index (κ1) is 13.1. The molecule has 0 aromatic heterocycles. The molecule has 0 atom stereocenters. The van der Waals surface area contributed by atoms with Gasteiger partial charge in [0.05, 0.1) is 10.6 Å². The minimum absolute atomic E-state index is 0.0353. The maximum absolute atomic E-state index is 11.9. The minimum Gasteiger partial charge on any atom is -0.398 e. The number of fused-ring (bicyclic) bond motifs is 1. The van der Waals surface area contributed by atoms with Crippen LogP contribution in [-0.4, -0.2) is 28.3 Å². The van der Waals surface area contributed by atoms with Crippen LogP contribution in [0.3, 0.4) is 0 Å². The van der Waals surface area contributed by atoms with E-state index in [1.54, 1.807) is 6.07 Å². The highest BCUT2D eigenvalue weighted by Gasteiger charge is 2.30. The van der Waals surface area contributed by atoms with Gasteiger partial charge >= 0.3 is 0 Å². The van der Waals surface area contributed by atoms with Crippen LogP contribution in [0.4, 0.5) is 5.69 Å². The first-order valence-electron chi connectivity index (χ1n) is 5.32. The summed E-state index contributed by atoms with van der Waals surface area (Å²) in [5.74, 6) is -0.337. The molecule has 0 fully saturated rings. The van der Waals surface area contributed by atoms with Gasteiger partial charge in [-0.15, -0.1) is 0 Å². The smallest absolute Gasteiger partial charge is 0.200 e. The second-order valence-electron chi connectivity index (χ2n) is 4.09. The number of sulfone groups is 2. The Morgan fingerprint density at radius 1 is 1.28 bits per heavy atom. The summed E-state index contributed by atoms with van der Waals surface area (Å²) in [5, 5.41) is 1.00. The summed E-state index contributed by atoms with van der Waals surface area (Å²) in [4.78, 5) is 0.0869. The average Bonchev–Trinajstić information content (AvgIpc) is 2.51. The number of hydrogen-bond donors (Lipinski definition) is 1. The Kier molecular flexibility index (Phi) is 2.98. The Hall–Kier alpha value is -1.34. The summed E-state index contributed by atoms with van der Waals surface area (Å²) < 4.78 is 46.9. The van der Waals surface area contributed by atoms with Gasteiger partial charge in [0.25, 0.3) is 0 Å². The number of hydrogen-bond acceptors (Lipinski definition) is 5. The summed E-state index contributed by atoms with van der Waals surface area (Å²) >= 11 is 0. The molecule has 0 amide bonds. The van der Waals surface area contributed by atoms with E-state index in [4.69, 9.17) is 5.73 Å². The van der Waals surface area contributed by atoms with Crippen LogP contribution in [0.1, 0.15) is 12.5 Å². The van der Waals surface area contributed by atoms with Crippen LogP contribution in [-0.2, 0) is 19.7 Å². The molecule has 1 aromatic rings. The van der Waals surface area contributed by atoms with Crippen molar-refractivity contribution in [3.05, 3.63) is 29.2 Å². The highest BCUT2D eigenvalue weighted by atomic mass is 32.2. The fraction of sp³-hybridized carbons (Fsp3) is 0.273. The van der Waals surface area contributed by atoms with Crippen LogP contribution >= 0.6 is 0 Å². The van der Waals surface area contributed by atoms with Crippen molar-refractivity contribution in [1.82, 2.24) is 0 Å². The van der Waals surface area contributed by atoms with Crippen LogP contribution in [0.2, 0.25) is 0 Å². The molecular formula is C11H13NO4S2. The van der Waals surface area contributed by atoms with Crippen molar-refractivity contribution in [1.29, 1.82) is 0 Å². The van der Waals surface area contributed by atoms with Gasteiger partial charge in [0, 0.05) is 22.4 Å². The first-order valence-corrected chi connectivity index (χ1v) is 8.68. The number of benzene rings is 1. The van der Waals surface area contributed by atoms with E-state index in [2.05, 4.69) is 0 Å². The number of nitrogen functional groups attached to an aromatic ring is 1. The molecule has 98 valence electrons. The summed E-state index contributed by atoms with van der Waals surface area (Å²) in [6.45, 7) is 1.52. The van der Waals surface area contributed by atoms with E-state index in [-0.39, 0.29) is 27.7 Å². The molecule has 1 aliphatic heterocycles. The third-order valence-electron chi connectivity index (χ3n) is 2.80. The van der Waals surface area contributed by atoms with Gasteiger partial charge in [0.15, 0.2) is 9.84 Å². The van der Waals surface area contributed by atoms with Crippen molar-refractivity contribution in [2.24, 2.45) is 0 Å². The van der Waals surface area contributed by atoms with Crippen LogP contribution in [0, 0.1) is 0 Å². The SMILES string of the molecule is CCS(=O)(=O)CC1=CS(=O)(=O)c2cccc(N)c21. The summed E-state index contributed by atoms with van der Waals surface area (Å²) in [7, 11) is -6.87. The van der Waals surface area contributed by atoms with E-state index in [0.717, 1.165) is 5.41 Å². The van der Waals surface area contributed by atoms with Crippen molar-refractivity contribution >= 4 is 30.9 Å². The first-order chi connectivity index (χ1) is 8.27. The molecule has 0 unspecified atom stereocenters. The van der Waals surface area contributed by atoms with Gasteiger partial charge < -0.3 is 5.73 Å². The second kappa shape index (κ2) is 4.10. The highest BCUT2D eigenvalue weighted by molar-refractivity contribution is 7.95. The Balaban J connectivity index is 2.61. The molecule has 0 saturated carbocycles. The largest absolute Gasteiger partial charge is 0.398 e. The normalized spacial score (nSPS) is 17.3. The number of rotatable bonds is 3. The molecule has 2 rings (SSSR count). The van der Waals surface area contributed by atoms with Crippen molar-refractivity contribution in [2.45, 2.75) is 11.8 Å². The number of nitrogens with two attached hydrogens (primary N) is 1. The molecule has 1 aliphatic rings. The lowest BCUT2D eigenvalue weighted by Gasteiger charge is -2.07. The van der Waals surface area contributed by atoms with Gasteiger partial charge in [-0.05, 0) is 17.7 Å². The van der Waals surface area contributed by atoms with Crippen LogP contribution in [0.25, 0.3) is 5.57 Å². The average molecular weight is 287 g/mol. The Labute approximate surface area is 106 Å². The zero-order chi connectivity index (χ0) is 13.6. The summed E-state index contributed by atoms with van der Waals surface area (Å²) in [6.07, 6.45) is 0. The monoisotopic (exact) mass is 287 g/mol. The van der Waals surface area contributed by atoms with Crippen molar-refractivity contribution in [3.8, 4) is 0 Å². The van der Waals surface area contributed by atoms with E-state index in [1.807, 2.05) is 0 Å². The van der Waals surface area contributed by atoms with Gasteiger partial charge in [-0.2, -0.15) is 0 Å². The second-order valence-corrected chi connectivity index (χ2v) is 8.20. The lowest BCUT2D eigenvalue weighted by Crippen LogP contribution is -2.10. The molecule has 0 aliphatic carbocycles. The van der Waals surface area contributed by atoms with E-state index in [9.17, 15) is 16.8 Å². The molecule has 0 saturated heterocycles. The molecule has 1 aromatic carbocycles. The summed E-state index contributed by atoms with van der Waals surface area (Å²) in [6, 6.07) is 4.53. The van der Waals surface area contributed by atoms with Gasteiger partial charge in [-0.1, -0.05) is 13.0 Å². The third kappa shape index (κ3) is 2.15. The third-order valence-corrected chi connectivity index (χ3v) is 5.98. The van der Waals surface area contributed by atoms with Crippen LogP contribution < -0.4 is 5.73 Å². The van der Waals surface area contributed by atoms with Crippen LogP contribution in [0.15, 0.2) is 28.5 Å². The fourth-order valence-corrected chi connectivity index (χ4v) is 4.40. The fourth-order valence-electron chi connectivity index (χ4n) is 1.88. The number of anilines is 1. The van der Waals surface area contributed by atoms with Gasteiger partial charge in [-0.25, -0.2) is 16.8 Å². The maximum atomic E-state index is 11.9. The minimum atomic E-state index is -3.56. The van der Waals surface area contributed by atoms with E-state index in [1.165, 1.54) is 19.1 Å². The van der Waals surface area contributed by atoms with E-state index < -0.39 is 19.7 Å². The van der Waals surface area contributed by atoms with Crippen molar-refractivity contribution in [2.75, 3.05) is 17.2 Å². The topological polar surface area (TPSA) is 94.3 Å². The molecule has 1 heterocycles. The predicted octanol–water partition coefficient (Wildman–Crippen LogP) is 0.832. The predicted molar refractivity (Wildman–Crippen MR) is 70.3 cm³/mol. The van der Waals surface area contributed by atoms with Crippen molar-refractivity contribution < 1.29 is 16.8 Å². The zero-order valence-corrected chi connectivity index (χ0v) is 11.4. The van der Waals surface area contributed by atoms with Crippen LogP contribution in [0.5, 0.6) is 0 Å². The highest BCUT2D eigenvalue weighted by Crippen LogP contribution is 2.37. The molecule has 0 radical (unpaired) electrons. The molecule has 18 heavy (non-hydrogen) atoms. The van der Waals surface area contributed by atoms with Gasteiger partial charge in [0.2, 0.25) is 9.84 Å². The molecule has 5 nitrogen and oxygen atoms in total. The Morgan fingerprint density at radius 3 is 2.56 bits per heavy atom. The van der Waals surface area contributed by atoms with E-state index >= 15 is 0 Å². The standard InChI is InChI=1S/C11H13NO4S2/c1-2-17(13,14)6-8-7-18(15,16)10-5-3-4-9(12)11(8)10/h3-5,7H,2,6,12H2,1H3. The quantitative estimate of drug-likeness (QED) is 0.831. The molecule has 0 spiro atoms. The maximum Gasteiger partial charge on any atom is 0.200 e. The van der Waals surface area contributed by atoms with Gasteiger partial charge in [0.1, 0.15) is 0 Å². The zero-order valence-electron chi connectivity index (χ0n) is 9.75. The molecular weight excluding hydrogens is 274 g/mol. The molecule has 2 N–H and O–H groups in total. The van der Waals surface area contributed by atoms with Crippen molar-refractivity contribution in [3.63, 3.8) is 0 Å². The van der Waals surface area contributed by atoms with E-state index in [0.29, 0.717) is 5.56 Å².